The third-order valence-corrected chi connectivity index (χ3v) is 4.51. The quantitative estimate of drug-likeness (QED) is 0.711. The van der Waals surface area contributed by atoms with Crippen molar-refractivity contribution in [3.63, 3.8) is 0 Å². The van der Waals surface area contributed by atoms with Crippen LogP contribution >= 0.6 is 0 Å². The van der Waals surface area contributed by atoms with Gasteiger partial charge in [0.05, 0.1) is 4.90 Å². The van der Waals surface area contributed by atoms with Gasteiger partial charge in [-0.1, -0.05) is 12.1 Å². The van der Waals surface area contributed by atoms with Gasteiger partial charge in [0.25, 0.3) is 0 Å². The Hall–Kier alpha value is -1.44. The van der Waals surface area contributed by atoms with Gasteiger partial charge in [0.1, 0.15) is 0 Å². The number of carbonyl (C=O) groups excluding carboxylic acids is 1. The van der Waals surface area contributed by atoms with Gasteiger partial charge in [-0.3, -0.25) is 4.79 Å². The predicted molar refractivity (Wildman–Crippen MR) is 79.9 cm³/mol. The highest BCUT2D eigenvalue weighted by Crippen LogP contribution is 2.11. The first-order valence-corrected chi connectivity index (χ1v) is 8.61. The van der Waals surface area contributed by atoms with E-state index in [9.17, 15) is 13.2 Å². The normalized spacial score (nSPS) is 18.6. The Labute approximate surface area is 125 Å². The van der Waals surface area contributed by atoms with Crippen molar-refractivity contribution in [1.82, 2.24) is 10.6 Å². The molecule has 1 amide bonds. The van der Waals surface area contributed by atoms with E-state index in [-0.39, 0.29) is 10.8 Å². The maximum absolute atomic E-state index is 11.8. The zero-order valence-electron chi connectivity index (χ0n) is 11.8. The minimum absolute atomic E-state index is 0.0234. The maximum atomic E-state index is 11.8. The van der Waals surface area contributed by atoms with Gasteiger partial charge in [-0.2, -0.15) is 0 Å². The molecule has 1 aliphatic rings. The average molecular weight is 311 g/mol. The first-order chi connectivity index (χ1) is 9.95. The molecule has 1 saturated heterocycles. The van der Waals surface area contributed by atoms with Crippen LogP contribution in [0.1, 0.15) is 31.2 Å². The summed E-state index contributed by atoms with van der Waals surface area (Å²) in [7, 11) is -3.71. The van der Waals surface area contributed by atoms with E-state index in [1.54, 1.807) is 12.1 Å². The monoisotopic (exact) mass is 311 g/mol. The number of hydrogen-bond acceptors (Lipinski definition) is 4. The third kappa shape index (κ3) is 5.11. The number of benzene rings is 1. The van der Waals surface area contributed by atoms with Crippen LogP contribution in [0.3, 0.4) is 0 Å². The van der Waals surface area contributed by atoms with Gasteiger partial charge in [0.15, 0.2) is 0 Å². The van der Waals surface area contributed by atoms with Crippen LogP contribution in [0.25, 0.3) is 0 Å². The van der Waals surface area contributed by atoms with Crippen molar-refractivity contribution in [3.05, 3.63) is 29.8 Å². The first-order valence-electron chi connectivity index (χ1n) is 7.07. The molecule has 1 aromatic carbocycles. The van der Waals surface area contributed by atoms with Crippen molar-refractivity contribution in [3.8, 4) is 0 Å². The van der Waals surface area contributed by atoms with Gasteiger partial charge in [-0.05, 0) is 43.5 Å². The Morgan fingerprint density at radius 2 is 2.24 bits per heavy atom. The average Bonchev–Trinajstić information content (AvgIpc) is 2.95. The molecule has 1 aromatic rings. The Kier molecular flexibility index (Phi) is 5.33. The van der Waals surface area contributed by atoms with E-state index in [0.717, 1.165) is 19.4 Å². The molecule has 0 aromatic heterocycles. The Balaban J connectivity index is 1.80. The van der Waals surface area contributed by atoms with Gasteiger partial charge in [0, 0.05) is 19.0 Å². The van der Waals surface area contributed by atoms with E-state index >= 15 is 0 Å². The van der Waals surface area contributed by atoms with E-state index in [1.165, 1.54) is 18.6 Å². The minimum atomic E-state index is -3.71. The number of carbonyl (C=O) groups is 1. The van der Waals surface area contributed by atoms with Gasteiger partial charge in [-0.25, -0.2) is 13.6 Å². The molecule has 6 nitrogen and oxygen atoms in total. The zero-order valence-corrected chi connectivity index (χ0v) is 12.7. The summed E-state index contributed by atoms with van der Waals surface area (Å²) in [5.74, 6) is -0.0234. The Bertz CT molecular complexity index is 595. The lowest BCUT2D eigenvalue weighted by atomic mass is 10.1. The van der Waals surface area contributed by atoms with Gasteiger partial charge < -0.3 is 10.6 Å². The first kappa shape index (κ1) is 15.9. The molecule has 2 rings (SSSR count). The highest BCUT2D eigenvalue weighted by molar-refractivity contribution is 7.89. The summed E-state index contributed by atoms with van der Waals surface area (Å²) >= 11 is 0. The molecule has 0 radical (unpaired) electrons. The van der Waals surface area contributed by atoms with E-state index in [2.05, 4.69) is 10.6 Å². The van der Waals surface area contributed by atoms with Crippen LogP contribution in [-0.2, 0) is 21.4 Å². The summed E-state index contributed by atoms with van der Waals surface area (Å²) in [6, 6.07) is 6.74. The molecule has 1 heterocycles. The van der Waals surface area contributed by atoms with Crippen LogP contribution in [0, 0.1) is 0 Å². The molecule has 1 fully saturated rings. The molecule has 0 aliphatic carbocycles. The number of hydrogen-bond donors (Lipinski definition) is 3. The lowest BCUT2D eigenvalue weighted by molar-refractivity contribution is -0.121. The summed E-state index contributed by atoms with van der Waals surface area (Å²) in [5, 5.41) is 11.2. The number of nitrogens with two attached hydrogens (primary N) is 1. The molecular formula is C14H21N3O3S. The molecular weight excluding hydrogens is 290 g/mol. The predicted octanol–water partition coefficient (Wildman–Crippen LogP) is 0.482. The Morgan fingerprint density at radius 3 is 2.90 bits per heavy atom. The maximum Gasteiger partial charge on any atom is 0.238 e. The van der Waals surface area contributed by atoms with E-state index in [0.29, 0.717) is 24.6 Å². The van der Waals surface area contributed by atoms with Gasteiger partial charge in [0.2, 0.25) is 15.9 Å². The summed E-state index contributed by atoms with van der Waals surface area (Å²) in [6.45, 7) is 1.34. The van der Waals surface area contributed by atoms with Gasteiger partial charge >= 0.3 is 0 Å². The summed E-state index contributed by atoms with van der Waals surface area (Å²) in [4.78, 5) is 11.8. The topological polar surface area (TPSA) is 101 Å². The van der Waals surface area contributed by atoms with Crippen molar-refractivity contribution >= 4 is 15.9 Å². The molecule has 1 aliphatic heterocycles. The fraction of sp³-hybridized carbons (Fsp3) is 0.500. The summed E-state index contributed by atoms with van der Waals surface area (Å²) in [6.07, 6.45) is 3.62. The standard InChI is InChI=1S/C14H21N3O3S/c15-21(19,20)13-5-1-3-11(9-13)10-17-14(18)7-6-12-4-2-8-16-12/h1,3,5,9,12,16H,2,4,6-8,10H2,(H,17,18)(H2,15,19,20). The summed E-state index contributed by atoms with van der Waals surface area (Å²) < 4.78 is 22.5. The zero-order chi connectivity index (χ0) is 15.3. The molecule has 1 atom stereocenters. The largest absolute Gasteiger partial charge is 0.352 e. The van der Waals surface area contributed by atoms with Crippen molar-refractivity contribution in [2.24, 2.45) is 5.14 Å². The minimum Gasteiger partial charge on any atom is -0.352 e. The van der Waals surface area contributed by atoms with Crippen LogP contribution in [-0.4, -0.2) is 26.9 Å². The molecule has 7 heteroatoms. The number of rotatable bonds is 6. The van der Waals surface area contributed by atoms with Crippen molar-refractivity contribution in [1.29, 1.82) is 0 Å². The van der Waals surface area contributed by atoms with Crippen LogP contribution in [0.5, 0.6) is 0 Å². The van der Waals surface area contributed by atoms with Crippen LogP contribution in [0.15, 0.2) is 29.2 Å². The highest BCUT2D eigenvalue weighted by atomic mass is 32.2. The Morgan fingerprint density at radius 1 is 1.43 bits per heavy atom. The smallest absolute Gasteiger partial charge is 0.238 e. The fourth-order valence-corrected chi connectivity index (χ4v) is 3.01. The number of sulfonamides is 1. The number of amides is 1. The second kappa shape index (κ2) is 7.02. The molecule has 0 spiro atoms. The molecule has 0 bridgehead atoms. The van der Waals surface area contributed by atoms with Crippen molar-refractivity contribution in [2.75, 3.05) is 6.54 Å². The second-order valence-corrected chi connectivity index (χ2v) is 6.86. The molecule has 4 N–H and O–H groups in total. The van der Waals surface area contributed by atoms with E-state index in [1.807, 2.05) is 0 Å². The van der Waals surface area contributed by atoms with Gasteiger partial charge in [-0.15, -0.1) is 0 Å². The van der Waals surface area contributed by atoms with Crippen LogP contribution in [0.2, 0.25) is 0 Å². The third-order valence-electron chi connectivity index (χ3n) is 3.60. The molecule has 116 valence electrons. The SMILES string of the molecule is NS(=O)(=O)c1cccc(CNC(=O)CCC2CCCN2)c1. The van der Waals surface area contributed by atoms with Crippen LogP contribution in [0.4, 0.5) is 0 Å². The lowest BCUT2D eigenvalue weighted by Crippen LogP contribution is -2.27. The molecule has 1 unspecified atom stereocenters. The van der Waals surface area contributed by atoms with Crippen molar-refractivity contribution < 1.29 is 13.2 Å². The molecule has 0 saturated carbocycles. The van der Waals surface area contributed by atoms with Crippen LogP contribution < -0.4 is 15.8 Å². The highest BCUT2D eigenvalue weighted by Gasteiger charge is 2.15. The fourth-order valence-electron chi connectivity index (χ4n) is 2.43. The van der Waals surface area contributed by atoms with E-state index in [4.69, 9.17) is 5.14 Å². The number of primary sulfonamides is 1. The van der Waals surface area contributed by atoms with E-state index < -0.39 is 10.0 Å². The lowest BCUT2D eigenvalue weighted by Gasteiger charge is -2.10. The second-order valence-electron chi connectivity index (χ2n) is 5.30. The van der Waals surface area contributed by atoms with Crippen molar-refractivity contribution in [2.45, 2.75) is 43.2 Å². The number of nitrogens with one attached hydrogen (secondary N) is 2. The molecule has 21 heavy (non-hydrogen) atoms. The summed E-state index contributed by atoms with van der Waals surface area (Å²) in [5.41, 5.74) is 0.717.